The Hall–Kier alpha value is -4.44. The maximum Gasteiger partial charge on any atom is 0.290 e. The van der Waals surface area contributed by atoms with Crippen molar-refractivity contribution in [2.75, 3.05) is 13.1 Å². The fourth-order valence-corrected chi connectivity index (χ4v) is 5.00. The van der Waals surface area contributed by atoms with Crippen molar-refractivity contribution in [1.82, 2.24) is 21.3 Å². The molecule has 3 atom stereocenters. The van der Waals surface area contributed by atoms with Crippen LogP contribution in [0.5, 0.6) is 0 Å². The Kier molecular flexibility index (Phi) is 15.6. The Labute approximate surface area is 266 Å². The summed E-state index contributed by atoms with van der Waals surface area (Å²) in [6, 6.07) is 3.26. The molecule has 0 aliphatic carbocycles. The third-order valence-electron chi connectivity index (χ3n) is 6.77. The summed E-state index contributed by atoms with van der Waals surface area (Å²) in [6.07, 6.45) is 5.24. The van der Waals surface area contributed by atoms with E-state index >= 15 is 0 Å². The van der Waals surface area contributed by atoms with Gasteiger partial charge in [0.2, 0.25) is 17.7 Å². The molecule has 0 bridgehead atoms. The van der Waals surface area contributed by atoms with Crippen molar-refractivity contribution in [3.05, 3.63) is 40.3 Å². The van der Waals surface area contributed by atoms with Crippen LogP contribution < -0.4 is 44.2 Å². The molecule has 12 N–H and O–H groups in total. The van der Waals surface area contributed by atoms with E-state index in [4.69, 9.17) is 22.9 Å². The first-order chi connectivity index (χ1) is 21.4. The van der Waals surface area contributed by atoms with Gasteiger partial charge in [-0.15, -0.1) is 0 Å². The van der Waals surface area contributed by atoms with Crippen LogP contribution in [0.1, 0.15) is 74.2 Å². The van der Waals surface area contributed by atoms with E-state index in [1.54, 1.807) is 12.1 Å². The lowest BCUT2D eigenvalue weighted by Gasteiger charge is -2.25. The average Bonchev–Trinajstić information content (AvgIpc) is 3.31. The summed E-state index contributed by atoms with van der Waals surface area (Å²) < 4.78 is 0. The maximum absolute atomic E-state index is 13.5. The average molecular weight is 646 g/mol. The van der Waals surface area contributed by atoms with E-state index in [0.717, 1.165) is 18.2 Å². The highest BCUT2D eigenvalue weighted by molar-refractivity contribution is 8.18. The van der Waals surface area contributed by atoms with Gasteiger partial charge in [-0.3, -0.25) is 39.1 Å². The molecule has 0 unspecified atom stereocenters. The Morgan fingerprint density at radius 3 is 2.02 bits per heavy atom. The number of carbonyl (C=O) groups is 6. The molecule has 1 aromatic rings. The molecule has 1 saturated heterocycles. The number of unbranched alkanes of at least 4 members (excludes halogenated alkanes) is 2. The Balaban J connectivity index is 2.20. The van der Waals surface area contributed by atoms with Gasteiger partial charge in [-0.25, -0.2) is 0 Å². The number of amides is 6. The number of carbonyl (C=O) groups excluding carboxylic acids is 6. The molecule has 1 fully saturated rings. The van der Waals surface area contributed by atoms with Gasteiger partial charge < -0.3 is 38.9 Å². The summed E-state index contributed by atoms with van der Waals surface area (Å²) in [6.45, 7) is 2.55. The highest BCUT2D eigenvalue weighted by atomic mass is 32.2. The second kappa shape index (κ2) is 19.1. The molecule has 246 valence electrons. The molecule has 0 spiro atoms. The molecule has 45 heavy (non-hydrogen) atoms. The molecular formula is C29H43N9O6S. The number of aliphatic imine (C=N–C) groups is 1. The van der Waals surface area contributed by atoms with Gasteiger partial charge >= 0.3 is 0 Å². The van der Waals surface area contributed by atoms with Gasteiger partial charge in [-0.05, 0) is 80.6 Å². The second-order valence-electron chi connectivity index (χ2n) is 10.4. The summed E-state index contributed by atoms with van der Waals surface area (Å²) >= 11 is 0.778. The van der Waals surface area contributed by atoms with Crippen LogP contribution in [0, 0.1) is 0 Å². The smallest absolute Gasteiger partial charge is 0.290 e. The quantitative estimate of drug-likeness (QED) is 0.0430. The highest BCUT2D eigenvalue weighted by Gasteiger charge is 2.29. The fourth-order valence-electron chi connectivity index (χ4n) is 4.32. The zero-order valence-electron chi connectivity index (χ0n) is 25.3. The zero-order valence-corrected chi connectivity index (χ0v) is 26.1. The van der Waals surface area contributed by atoms with E-state index in [0.29, 0.717) is 44.2 Å². The number of hydrogen-bond donors (Lipinski definition) is 8. The monoisotopic (exact) mass is 645 g/mol. The molecule has 1 heterocycles. The van der Waals surface area contributed by atoms with Gasteiger partial charge in [-0.1, -0.05) is 31.9 Å². The van der Waals surface area contributed by atoms with E-state index in [1.807, 2.05) is 6.92 Å². The normalized spacial score (nSPS) is 15.5. The Morgan fingerprint density at radius 2 is 1.47 bits per heavy atom. The van der Waals surface area contributed by atoms with E-state index in [-0.39, 0.29) is 35.8 Å². The molecule has 1 aliphatic rings. The van der Waals surface area contributed by atoms with Crippen LogP contribution in [0.2, 0.25) is 0 Å². The van der Waals surface area contributed by atoms with E-state index < -0.39 is 52.9 Å². The topological polar surface area (TPSA) is 267 Å². The van der Waals surface area contributed by atoms with Crippen molar-refractivity contribution >= 4 is 58.6 Å². The first-order valence-electron chi connectivity index (χ1n) is 14.8. The van der Waals surface area contributed by atoms with Crippen molar-refractivity contribution in [2.45, 2.75) is 76.4 Å². The predicted molar refractivity (Wildman–Crippen MR) is 172 cm³/mol. The number of thioether (sulfide) groups is 1. The van der Waals surface area contributed by atoms with E-state index in [2.05, 4.69) is 26.3 Å². The van der Waals surface area contributed by atoms with Crippen molar-refractivity contribution in [2.24, 2.45) is 27.9 Å². The van der Waals surface area contributed by atoms with Gasteiger partial charge in [0, 0.05) is 12.1 Å². The van der Waals surface area contributed by atoms with Crippen LogP contribution in [0.15, 0.2) is 34.2 Å². The summed E-state index contributed by atoms with van der Waals surface area (Å²) in [5, 5.41) is 9.79. The summed E-state index contributed by atoms with van der Waals surface area (Å²) in [7, 11) is 0. The number of imide groups is 1. The van der Waals surface area contributed by atoms with Crippen LogP contribution >= 0.6 is 11.8 Å². The Bertz CT molecular complexity index is 1280. The highest BCUT2D eigenvalue weighted by Crippen LogP contribution is 2.25. The van der Waals surface area contributed by atoms with Gasteiger partial charge in [0.25, 0.3) is 17.1 Å². The molecule has 2 rings (SSSR count). The molecule has 16 heteroatoms. The molecule has 15 nitrogen and oxygen atoms in total. The predicted octanol–water partition coefficient (Wildman–Crippen LogP) is -0.0634. The number of hydrogen-bond acceptors (Lipinski definition) is 9. The number of guanidine groups is 1. The number of nitrogens with zero attached hydrogens (tertiary/aromatic N) is 1. The maximum atomic E-state index is 13.5. The van der Waals surface area contributed by atoms with E-state index in [9.17, 15) is 28.8 Å². The second-order valence-corrected chi connectivity index (χ2v) is 11.4. The summed E-state index contributed by atoms with van der Waals surface area (Å²) in [5.41, 5.74) is 22.7. The van der Waals surface area contributed by atoms with Crippen molar-refractivity contribution in [1.29, 1.82) is 0 Å². The van der Waals surface area contributed by atoms with Gasteiger partial charge in [0.05, 0.1) is 4.91 Å². The number of benzene rings is 1. The van der Waals surface area contributed by atoms with Crippen LogP contribution in [-0.4, -0.2) is 71.9 Å². The molecular weight excluding hydrogens is 602 g/mol. The molecule has 0 radical (unpaired) electrons. The fraction of sp³-hybridized carbons (Fsp3) is 0.483. The molecule has 1 aliphatic heterocycles. The minimum Gasteiger partial charge on any atom is -0.370 e. The molecule has 0 aromatic heterocycles. The van der Waals surface area contributed by atoms with Gasteiger partial charge in [-0.2, -0.15) is 0 Å². The minimum atomic E-state index is -1.06. The number of nitrogens with two attached hydrogens (primary N) is 4. The first-order valence-corrected chi connectivity index (χ1v) is 15.6. The lowest BCUT2D eigenvalue weighted by atomic mass is 10.0. The third-order valence-corrected chi connectivity index (χ3v) is 7.58. The number of primary amides is 1. The van der Waals surface area contributed by atoms with E-state index in [1.165, 1.54) is 18.2 Å². The van der Waals surface area contributed by atoms with Crippen LogP contribution in [-0.2, 0) is 19.2 Å². The summed E-state index contributed by atoms with van der Waals surface area (Å²) in [5.74, 6) is -3.02. The molecule has 6 amide bonds. The largest absolute Gasteiger partial charge is 0.370 e. The van der Waals surface area contributed by atoms with Crippen LogP contribution in [0.25, 0.3) is 6.08 Å². The number of nitrogens with one attached hydrogen (secondary N) is 4. The lowest BCUT2D eigenvalue weighted by molar-refractivity contribution is -0.132. The minimum absolute atomic E-state index is 0.114. The number of rotatable bonds is 19. The van der Waals surface area contributed by atoms with Crippen LogP contribution in [0.3, 0.4) is 0 Å². The standard InChI is InChI=1S/C29H43N9O6S/c1-2-3-7-19(23(31)39)35-25(41)20(8-4-5-14-30)37-26(42)21(9-6-15-34-28(32)33)36-24(40)18-12-10-17(11-13-18)16-22-27(43)38-29(44)45-22/h10-13,16,19-21H,2-9,14-15,30H2,1H3,(H2,31,39)(H,35,41)(H,36,40)(H,37,42)(H4,32,33,34)(H,38,43,44)/b22-16-/t19-,20-,21-/m0/s1. The molecule has 0 saturated carbocycles. The van der Waals surface area contributed by atoms with Crippen molar-refractivity contribution in [3.63, 3.8) is 0 Å². The van der Waals surface area contributed by atoms with Gasteiger partial charge in [0.15, 0.2) is 5.96 Å². The third kappa shape index (κ3) is 13.0. The summed E-state index contributed by atoms with van der Waals surface area (Å²) in [4.78, 5) is 79.2. The zero-order chi connectivity index (χ0) is 33.4. The van der Waals surface area contributed by atoms with Gasteiger partial charge in [0.1, 0.15) is 18.1 Å². The van der Waals surface area contributed by atoms with Crippen molar-refractivity contribution < 1.29 is 28.8 Å². The first kappa shape index (κ1) is 36.8. The lowest BCUT2D eigenvalue weighted by Crippen LogP contribution is -2.56. The SMILES string of the molecule is CCCC[C@H](NC(=O)[C@H](CCCCN)NC(=O)[C@H](CCCN=C(N)N)NC(=O)c1ccc(/C=C2\SC(=O)NC2=O)cc1)C(N)=O. The molecule has 1 aromatic carbocycles. The van der Waals surface area contributed by atoms with Crippen LogP contribution in [0.4, 0.5) is 4.79 Å². The Morgan fingerprint density at radius 1 is 0.867 bits per heavy atom. The van der Waals surface area contributed by atoms with Crippen molar-refractivity contribution in [3.8, 4) is 0 Å².